The van der Waals surface area contributed by atoms with E-state index in [1.54, 1.807) is 12.3 Å². The van der Waals surface area contributed by atoms with Gasteiger partial charge >= 0.3 is 5.63 Å². The first-order valence-corrected chi connectivity index (χ1v) is 11.0. The van der Waals surface area contributed by atoms with Gasteiger partial charge in [-0.05, 0) is 47.1 Å². The van der Waals surface area contributed by atoms with Crippen molar-refractivity contribution in [2.24, 2.45) is 5.73 Å². The number of nitrogens with zero attached hydrogens (tertiary/aromatic N) is 2. The highest BCUT2D eigenvalue weighted by molar-refractivity contribution is 7.27. The minimum absolute atomic E-state index is 0.0299. The largest absolute Gasteiger partial charge is 0.439 e. The van der Waals surface area contributed by atoms with Gasteiger partial charge in [0.15, 0.2) is 5.75 Å². The molecule has 8 heteroatoms. The van der Waals surface area contributed by atoms with Gasteiger partial charge in [-0.2, -0.15) is 5.26 Å². The maximum atomic E-state index is 13.0. The number of ether oxygens (including phenoxy) is 1. The van der Waals surface area contributed by atoms with Gasteiger partial charge in [-0.3, -0.25) is 0 Å². The number of hydrogen-bond acceptors (Lipinski definition) is 6. The summed E-state index contributed by atoms with van der Waals surface area (Å²) in [5.74, 6) is -0.432. The summed E-state index contributed by atoms with van der Waals surface area (Å²) in [6, 6.07) is 16.9. The average Bonchev–Trinajstić information content (AvgIpc) is 2.81. The Morgan fingerprint density at radius 2 is 1.91 bits per heavy atom. The van der Waals surface area contributed by atoms with Crippen molar-refractivity contribution < 1.29 is 9.15 Å². The quantitative estimate of drug-likeness (QED) is 0.260. The van der Waals surface area contributed by atoms with Gasteiger partial charge in [0.25, 0.3) is 0 Å². The van der Waals surface area contributed by atoms with E-state index in [9.17, 15) is 10.1 Å². The van der Waals surface area contributed by atoms with Crippen LogP contribution in [-0.2, 0) is 0 Å². The van der Waals surface area contributed by atoms with Crippen LogP contribution in [0.2, 0.25) is 5.15 Å². The van der Waals surface area contributed by atoms with E-state index in [0.29, 0.717) is 21.9 Å². The second-order valence-corrected chi connectivity index (χ2v) is 8.79. The smallest absolute Gasteiger partial charge is 0.344 e. The highest BCUT2D eigenvalue weighted by Crippen LogP contribution is 2.43. The number of hydrogen-bond donors (Lipinski definition) is 1. The van der Waals surface area contributed by atoms with Crippen LogP contribution >= 0.6 is 20.8 Å². The lowest BCUT2D eigenvalue weighted by Crippen LogP contribution is -2.26. The fourth-order valence-electron chi connectivity index (χ4n) is 4.05. The third kappa shape index (κ3) is 3.56. The summed E-state index contributed by atoms with van der Waals surface area (Å²) in [6.45, 7) is 1.89. The first-order chi connectivity index (χ1) is 15.9. The van der Waals surface area contributed by atoms with Gasteiger partial charge in [0.1, 0.15) is 22.4 Å². The predicted octanol–water partition coefficient (Wildman–Crippen LogP) is 4.54. The van der Waals surface area contributed by atoms with Crippen LogP contribution in [0.3, 0.4) is 0 Å². The number of aromatic nitrogens is 1. The van der Waals surface area contributed by atoms with Crippen LogP contribution in [0.4, 0.5) is 0 Å². The lowest BCUT2D eigenvalue weighted by atomic mass is 9.83. The molecule has 2 aromatic heterocycles. The van der Waals surface area contributed by atoms with E-state index < -0.39 is 11.5 Å². The Bertz CT molecular complexity index is 1570. The standard InChI is InChI=1S/C25H17ClN3O3P/c1-12-8-15(11-29-23(12)26)13-2-4-14(5-3-13)20-18(10-27)24(28)32-22-17-9-16(33)6-7-19(17)31-25(30)21(20)22/h2-9,11,20H,28,33H2,1H3. The minimum atomic E-state index is -0.716. The van der Waals surface area contributed by atoms with Crippen LogP contribution < -0.4 is 21.4 Å². The van der Waals surface area contributed by atoms with E-state index in [1.807, 2.05) is 49.4 Å². The molecule has 0 amide bonds. The lowest BCUT2D eigenvalue weighted by Gasteiger charge is -2.26. The molecule has 2 atom stereocenters. The molecule has 3 heterocycles. The van der Waals surface area contributed by atoms with Crippen LogP contribution in [0.15, 0.2) is 75.4 Å². The fourth-order valence-corrected chi connectivity index (χ4v) is 4.42. The summed E-state index contributed by atoms with van der Waals surface area (Å²) in [7, 11) is 2.60. The molecule has 0 saturated carbocycles. The number of allylic oxidation sites excluding steroid dienone is 1. The van der Waals surface area contributed by atoms with Crippen molar-refractivity contribution in [1.29, 1.82) is 5.26 Å². The summed E-state index contributed by atoms with van der Waals surface area (Å²) in [5.41, 5.74) is 9.79. The van der Waals surface area contributed by atoms with E-state index in [-0.39, 0.29) is 17.0 Å². The lowest BCUT2D eigenvalue weighted by molar-refractivity contribution is 0.388. The minimum Gasteiger partial charge on any atom is -0.439 e. The predicted molar refractivity (Wildman–Crippen MR) is 131 cm³/mol. The zero-order valence-corrected chi connectivity index (χ0v) is 19.3. The van der Waals surface area contributed by atoms with E-state index in [0.717, 1.165) is 27.6 Å². The third-order valence-corrected chi connectivity index (χ3v) is 6.44. The van der Waals surface area contributed by atoms with Crippen molar-refractivity contribution in [2.45, 2.75) is 12.8 Å². The second-order valence-electron chi connectivity index (χ2n) is 7.77. The van der Waals surface area contributed by atoms with Crippen molar-refractivity contribution in [2.75, 3.05) is 0 Å². The van der Waals surface area contributed by atoms with Crippen LogP contribution in [0.25, 0.3) is 22.1 Å². The first-order valence-electron chi connectivity index (χ1n) is 10.0. The van der Waals surface area contributed by atoms with Crippen LogP contribution in [0.1, 0.15) is 22.6 Å². The second kappa shape index (κ2) is 8.04. The van der Waals surface area contributed by atoms with Gasteiger partial charge < -0.3 is 14.9 Å². The molecule has 1 aliphatic rings. The Morgan fingerprint density at radius 3 is 2.61 bits per heavy atom. The molecule has 0 saturated heterocycles. The van der Waals surface area contributed by atoms with Crippen molar-refractivity contribution in [3.63, 3.8) is 0 Å². The Hall–Kier alpha value is -3.65. The number of nitrogens with two attached hydrogens (primary N) is 1. The van der Waals surface area contributed by atoms with Crippen molar-refractivity contribution in [1.82, 2.24) is 4.98 Å². The molecule has 2 aromatic carbocycles. The summed E-state index contributed by atoms with van der Waals surface area (Å²) >= 11 is 6.04. The number of halogens is 1. The molecule has 2 N–H and O–H groups in total. The molecule has 0 spiro atoms. The highest BCUT2D eigenvalue weighted by Gasteiger charge is 2.35. The van der Waals surface area contributed by atoms with Gasteiger partial charge in [0.05, 0.1) is 16.9 Å². The molecule has 0 fully saturated rings. The Kier molecular flexibility index (Phi) is 5.17. The summed E-state index contributed by atoms with van der Waals surface area (Å²) in [6.07, 6.45) is 1.70. The van der Waals surface area contributed by atoms with E-state index >= 15 is 0 Å². The molecule has 33 heavy (non-hydrogen) atoms. The zero-order valence-electron chi connectivity index (χ0n) is 17.4. The zero-order chi connectivity index (χ0) is 23.3. The molecule has 0 bridgehead atoms. The van der Waals surface area contributed by atoms with Crippen LogP contribution in [-0.4, -0.2) is 4.98 Å². The monoisotopic (exact) mass is 473 g/mol. The van der Waals surface area contributed by atoms with Gasteiger partial charge in [0.2, 0.25) is 5.88 Å². The first kappa shape index (κ1) is 21.2. The molecule has 162 valence electrons. The van der Waals surface area contributed by atoms with Gasteiger partial charge in [-0.15, -0.1) is 9.24 Å². The molecule has 0 aliphatic carbocycles. The Labute approximate surface area is 196 Å². The number of fused-ring (bicyclic) bond motifs is 3. The van der Waals surface area contributed by atoms with Crippen LogP contribution in [0.5, 0.6) is 5.75 Å². The van der Waals surface area contributed by atoms with Crippen LogP contribution in [0, 0.1) is 18.3 Å². The van der Waals surface area contributed by atoms with E-state index in [4.69, 9.17) is 26.5 Å². The molecule has 4 aromatic rings. The normalized spacial score (nSPS) is 15.2. The van der Waals surface area contributed by atoms with Crippen molar-refractivity contribution in [3.8, 4) is 22.9 Å². The molecule has 0 radical (unpaired) electrons. The van der Waals surface area contributed by atoms with Crippen molar-refractivity contribution >= 4 is 37.1 Å². The molecule has 2 unspecified atom stereocenters. The number of benzene rings is 2. The number of rotatable bonds is 2. The van der Waals surface area contributed by atoms with Gasteiger partial charge in [0, 0.05) is 11.8 Å². The number of aryl methyl sites for hydroxylation is 1. The fraction of sp³-hybridized carbons (Fsp3) is 0.0800. The van der Waals surface area contributed by atoms with Gasteiger partial charge in [-0.25, -0.2) is 9.78 Å². The summed E-state index contributed by atoms with van der Waals surface area (Å²) < 4.78 is 11.4. The SMILES string of the molecule is Cc1cc(-c2ccc(C3C(C#N)=C(N)Oc4c3c(=O)oc3ccc(P)cc43)cc2)cnc1Cl. The maximum absolute atomic E-state index is 13.0. The van der Waals surface area contributed by atoms with E-state index in [1.165, 1.54) is 0 Å². The molecule has 6 nitrogen and oxygen atoms in total. The summed E-state index contributed by atoms with van der Waals surface area (Å²) in [4.78, 5) is 17.2. The molecular weight excluding hydrogens is 457 g/mol. The Morgan fingerprint density at radius 1 is 1.15 bits per heavy atom. The summed E-state index contributed by atoms with van der Waals surface area (Å²) in [5, 5.41) is 11.8. The van der Waals surface area contributed by atoms with Crippen molar-refractivity contribution in [3.05, 3.63) is 98.4 Å². The maximum Gasteiger partial charge on any atom is 0.344 e. The molecule has 1 aliphatic heterocycles. The topological polar surface area (TPSA) is 102 Å². The molecular formula is C25H17ClN3O3P. The number of pyridine rings is 1. The Balaban J connectivity index is 1.69. The van der Waals surface area contributed by atoms with Gasteiger partial charge in [-0.1, -0.05) is 41.9 Å². The highest BCUT2D eigenvalue weighted by atomic mass is 35.5. The average molecular weight is 474 g/mol. The molecule has 5 rings (SSSR count). The number of nitriles is 1. The van der Waals surface area contributed by atoms with E-state index in [2.05, 4.69) is 20.3 Å². The third-order valence-electron chi connectivity index (χ3n) is 5.68.